The normalized spacial score (nSPS) is 16.3. The first-order chi connectivity index (χ1) is 6.93. The van der Waals surface area contributed by atoms with Gasteiger partial charge in [0, 0.05) is 12.6 Å². The summed E-state index contributed by atoms with van der Waals surface area (Å²) < 4.78 is 25.7. The first-order valence-electron chi connectivity index (χ1n) is 5.53. The van der Waals surface area contributed by atoms with Gasteiger partial charge in [0.1, 0.15) is 0 Å². The van der Waals surface area contributed by atoms with Gasteiger partial charge in [-0.15, -0.1) is 0 Å². The summed E-state index contributed by atoms with van der Waals surface area (Å²) in [5.41, 5.74) is 0. The minimum Gasteiger partial charge on any atom is -0.396 e. The van der Waals surface area contributed by atoms with Crippen molar-refractivity contribution in [3.8, 4) is 0 Å². The summed E-state index contributed by atoms with van der Waals surface area (Å²) >= 11 is 0. The predicted molar refractivity (Wildman–Crippen MR) is 62.2 cm³/mol. The summed E-state index contributed by atoms with van der Waals surface area (Å²) in [7, 11) is -3.17. The van der Waals surface area contributed by atoms with Crippen molar-refractivity contribution < 1.29 is 13.5 Å². The molecule has 0 spiro atoms. The van der Waals surface area contributed by atoms with Gasteiger partial charge in [0.25, 0.3) is 0 Å². The molecule has 5 heteroatoms. The lowest BCUT2D eigenvalue weighted by Gasteiger charge is -2.19. The maximum Gasteiger partial charge on any atom is 0.211 e. The molecule has 0 amide bonds. The van der Waals surface area contributed by atoms with E-state index in [0.717, 1.165) is 6.42 Å². The fourth-order valence-electron chi connectivity index (χ4n) is 1.22. The molecular formula is C10H23NO3S. The van der Waals surface area contributed by atoms with Crippen molar-refractivity contribution >= 4 is 10.0 Å². The van der Waals surface area contributed by atoms with Crippen LogP contribution in [0.3, 0.4) is 0 Å². The molecule has 0 rings (SSSR count). The molecule has 0 aliphatic rings. The first kappa shape index (κ1) is 14.9. The van der Waals surface area contributed by atoms with E-state index in [0.29, 0.717) is 18.8 Å². The first-order valence-corrected chi connectivity index (χ1v) is 7.19. The van der Waals surface area contributed by atoms with Crippen LogP contribution in [0.2, 0.25) is 0 Å². The highest BCUT2D eigenvalue weighted by atomic mass is 32.2. The van der Waals surface area contributed by atoms with Crippen LogP contribution >= 0.6 is 0 Å². The maximum absolute atomic E-state index is 11.5. The highest BCUT2D eigenvalue weighted by Gasteiger charge is 2.17. The molecule has 2 atom stereocenters. The Morgan fingerprint density at radius 1 is 1.27 bits per heavy atom. The van der Waals surface area contributed by atoms with Crippen molar-refractivity contribution in [3.05, 3.63) is 0 Å². The summed E-state index contributed by atoms with van der Waals surface area (Å²) in [5.74, 6) is 0.451. The Morgan fingerprint density at radius 3 is 2.33 bits per heavy atom. The zero-order chi connectivity index (χ0) is 11.9. The Bertz CT molecular complexity index is 251. The van der Waals surface area contributed by atoms with Gasteiger partial charge in [-0.2, -0.15) is 0 Å². The Labute approximate surface area is 93.1 Å². The summed E-state index contributed by atoms with van der Waals surface area (Å²) in [4.78, 5) is 0. The molecule has 0 saturated carbocycles. The van der Waals surface area contributed by atoms with Gasteiger partial charge in [-0.05, 0) is 25.7 Å². The number of rotatable bonds is 8. The highest BCUT2D eigenvalue weighted by Crippen LogP contribution is 2.08. The zero-order valence-electron chi connectivity index (χ0n) is 9.86. The van der Waals surface area contributed by atoms with E-state index in [1.54, 1.807) is 0 Å². The molecule has 0 aliphatic heterocycles. The van der Waals surface area contributed by atoms with Gasteiger partial charge >= 0.3 is 0 Å². The molecule has 0 aromatic rings. The fourth-order valence-corrected chi connectivity index (χ4v) is 2.72. The number of hydrogen-bond donors (Lipinski definition) is 2. The molecule has 15 heavy (non-hydrogen) atoms. The lowest BCUT2D eigenvalue weighted by Crippen LogP contribution is -2.38. The molecule has 4 nitrogen and oxygen atoms in total. The molecule has 92 valence electrons. The van der Waals surface area contributed by atoms with Gasteiger partial charge in [-0.1, -0.05) is 20.3 Å². The average Bonchev–Trinajstić information content (AvgIpc) is 2.16. The van der Waals surface area contributed by atoms with Gasteiger partial charge < -0.3 is 5.11 Å². The molecule has 0 heterocycles. The second kappa shape index (κ2) is 7.19. The van der Waals surface area contributed by atoms with E-state index >= 15 is 0 Å². The van der Waals surface area contributed by atoms with Crippen LogP contribution in [-0.2, 0) is 10.0 Å². The Morgan fingerprint density at radius 2 is 1.87 bits per heavy atom. The predicted octanol–water partition coefficient (Wildman–Crippen LogP) is 1.11. The van der Waals surface area contributed by atoms with Crippen LogP contribution in [0.15, 0.2) is 0 Å². The molecule has 2 N–H and O–H groups in total. The third kappa shape index (κ3) is 6.87. The van der Waals surface area contributed by atoms with E-state index in [4.69, 9.17) is 5.11 Å². The number of hydrogen-bond acceptors (Lipinski definition) is 3. The minimum atomic E-state index is -3.17. The van der Waals surface area contributed by atoms with E-state index in [1.165, 1.54) is 0 Å². The van der Waals surface area contributed by atoms with E-state index in [1.807, 2.05) is 20.8 Å². The molecule has 0 fully saturated rings. The number of aliphatic hydroxyl groups is 1. The van der Waals surface area contributed by atoms with Crippen LogP contribution in [0.25, 0.3) is 0 Å². The van der Waals surface area contributed by atoms with E-state index < -0.39 is 10.0 Å². The lowest BCUT2D eigenvalue weighted by atomic mass is 10.0. The Balaban J connectivity index is 4.02. The van der Waals surface area contributed by atoms with Crippen LogP contribution in [0.5, 0.6) is 0 Å². The lowest BCUT2D eigenvalue weighted by molar-refractivity contribution is 0.287. The molecule has 0 radical (unpaired) electrons. The molecule has 0 aromatic heterocycles. The van der Waals surface area contributed by atoms with E-state index in [2.05, 4.69) is 4.72 Å². The van der Waals surface area contributed by atoms with Crippen LogP contribution in [0.4, 0.5) is 0 Å². The Kier molecular flexibility index (Phi) is 7.13. The van der Waals surface area contributed by atoms with E-state index in [9.17, 15) is 8.42 Å². The maximum atomic E-state index is 11.5. The van der Waals surface area contributed by atoms with Crippen LogP contribution < -0.4 is 4.72 Å². The fraction of sp³-hybridized carbons (Fsp3) is 1.00. The number of sulfonamides is 1. The van der Waals surface area contributed by atoms with Gasteiger partial charge in [-0.25, -0.2) is 13.1 Å². The number of aliphatic hydroxyl groups excluding tert-OH is 1. The molecule has 0 aromatic carbocycles. The van der Waals surface area contributed by atoms with Crippen LogP contribution in [-0.4, -0.2) is 31.9 Å². The van der Waals surface area contributed by atoms with Crippen molar-refractivity contribution in [3.63, 3.8) is 0 Å². The summed E-state index contributed by atoms with van der Waals surface area (Å²) in [6.07, 6.45) is 2.01. The second-order valence-electron chi connectivity index (χ2n) is 4.04. The standard InChI is InChI=1S/C10H23NO3S/c1-4-9(2)10(3)11-15(13,14)8-6-5-7-12/h9-12H,4-8H2,1-3H3. The number of unbranched alkanes of at least 4 members (excludes halogenated alkanes) is 1. The van der Waals surface area contributed by atoms with Crippen molar-refractivity contribution in [2.75, 3.05) is 12.4 Å². The monoisotopic (exact) mass is 237 g/mol. The largest absolute Gasteiger partial charge is 0.396 e. The highest BCUT2D eigenvalue weighted by molar-refractivity contribution is 7.89. The van der Waals surface area contributed by atoms with Gasteiger partial charge in [-0.3, -0.25) is 0 Å². The van der Waals surface area contributed by atoms with Crippen molar-refractivity contribution in [1.82, 2.24) is 4.72 Å². The van der Waals surface area contributed by atoms with Gasteiger partial charge in [0.2, 0.25) is 10.0 Å². The summed E-state index contributed by atoms with van der Waals surface area (Å²) in [5, 5.41) is 8.56. The second-order valence-corrected chi connectivity index (χ2v) is 5.92. The molecule has 0 bridgehead atoms. The van der Waals surface area contributed by atoms with Crippen molar-refractivity contribution in [2.45, 2.75) is 46.1 Å². The zero-order valence-corrected chi connectivity index (χ0v) is 10.7. The quantitative estimate of drug-likeness (QED) is 0.622. The average molecular weight is 237 g/mol. The Hall–Kier alpha value is -0.130. The summed E-state index contributed by atoms with van der Waals surface area (Å²) in [6, 6.07) is -0.0193. The minimum absolute atomic E-state index is 0.0193. The number of nitrogens with one attached hydrogen (secondary N) is 1. The topological polar surface area (TPSA) is 66.4 Å². The molecule has 0 aliphatic carbocycles. The molecule has 2 unspecified atom stereocenters. The van der Waals surface area contributed by atoms with Crippen molar-refractivity contribution in [2.24, 2.45) is 5.92 Å². The van der Waals surface area contributed by atoms with Gasteiger partial charge in [0.15, 0.2) is 0 Å². The van der Waals surface area contributed by atoms with Gasteiger partial charge in [0.05, 0.1) is 5.75 Å². The van der Waals surface area contributed by atoms with Crippen LogP contribution in [0, 0.1) is 5.92 Å². The molecule has 0 saturated heterocycles. The molecular weight excluding hydrogens is 214 g/mol. The van der Waals surface area contributed by atoms with Crippen molar-refractivity contribution in [1.29, 1.82) is 0 Å². The SMILES string of the molecule is CCC(C)C(C)NS(=O)(=O)CCCCO. The third-order valence-corrected chi connectivity index (χ3v) is 4.24. The third-order valence-electron chi connectivity index (χ3n) is 2.68. The summed E-state index contributed by atoms with van der Waals surface area (Å²) in [6.45, 7) is 6.01. The smallest absolute Gasteiger partial charge is 0.211 e. The van der Waals surface area contributed by atoms with E-state index in [-0.39, 0.29) is 18.4 Å². The van der Waals surface area contributed by atoms with Crippen LogP contribution in [0.1, 0.15) is 40.0 Å².